The number of carbonyl (C=O) groups excluding carboxylic acids is 1. The summed E-state index contributed by atoms with van der Waals surface area (Å²) in [6.07, 6.45) is 6.19. The van der Waals surface area contributed by atoms with Gasteiger partial charge in [-0.3, -0.25) is 15.2 Å². The third kappa shape index (κ3) is 4.17. The number of hydrazine groups is 1. The minimum absolute atomic E-state index is 0.129. The first-order valence-corrected chi connectivity index (χ1v) is 7.91. The molecular weight excluding hydrogens is 264 g/mol. The highest BCUT2D eigenvalue weighted by Gasteiger charge is 2.26. The van der Waals surface area contributed by atoms with Gasteiger partial charge in [-0.1, -0.05) is 13.3 Å². The maximum Gasteiger partial charge on any atom is 0.284 e. The highest BCUT2D eigenvalue weighted by Crippen LogP contribution is 2.20. The first-order chi connectivity index (χ1) is 10.1. The van der Waals surface area contributed by atoms with Gasteiger partial charge in [0.1, 0.15) is 5.69 Å². The number of rotatable bonds is 5. The molecule has 2 rings (SSSR count). The average molecular weight is 290 g/mol. The smallest absolute Gasteiger partial charge is 0.284 e. The summed E-state index contributed by atoms with van der Waals surface area (Å²) in [7, 11) is 0. The van der Waals surface area contributed by atoms with Gasteiger partial charge in [-0.25, -0.2) is 5.01 Å². The van der Waals surface area contributed by atoms with Gasteiger partial charge in [0.15, 0.2) is 0 Å². The number of nitrogens with zero attached hydrogens (tertiary/aromatic N) is 2. The van der Waals surface area contributed by atoms with E-state index in [0.29, 0.717) is 17.8 Å². The van der Waals surface area contributed by atoms with Crippen LogP contribution in [0.2, 0.25) is 0 Å². The molecule has 2 atom stereocenters. The fourth-order valence-electron chi connectivity index (χ4n) is 2.75. The lowest BCUT2D eigenvalue weighted by molar-refractivity contribution is 0.0366. The lowest BCUT2D eigenvalue weighted by atomic mass is 10.00. The average Bonchev–Trinajstić information content (AvgIpc) is 2.49. The standard InChI is InChI=1S/C16H26N4O/c1-4-9-17-14-8-10-18-15(11-14)16(21)19-20-12(2)6-5-7-13(20)3/h8,10-13H,4-7,9H2,1-3H3,(H,17,18)(H,19,21). The van der Waals surface area contributed by atoms with Gasteiger partial charge in [0, 0.05) is 30.5 Å². The Labute approximate surface area is 127 Å². The molecular formula is C16H26N4O. The molecule has 1 aromatic heterocycles. The van der Waals surface area contributed by atoms with Crippen LogP contribution in [0.15, 0.2) is 18.3 Å². The van der Waals surface area contributed by atoms with Crippen molar-refractivity contribution in [2.75, 3.05) is 11.9 Å². The molecule has 21 heavy (non-hydrogen) atoms. The zero-order valence-electron chi connectivity index (χ0n) is 13.2. The van der Waals surface area contributed by atoms with Crippen molar-refractivity contribution in [2.24, 2.45) is 0 Å². The molecule has 0 aliphatic carbocycles. The molecule has 2 unspecified atom stereocenters. The lowest BCUT2D eigenvalue weighted by Crippen LogP contribution is -2.54. The van der Waals surface area contributed by atoms with Gasteiger partial charge in [-0.15, -0.1) is 0 Å². The molecule has 0 aromatic carbocycles. The van der Waals surface area contributed by atoms with Crippen LogP contribution in [0.5, 0.6) is 0 Å². The second-order valence-electron chi connectivity index (χ2n) is 5.83. The van der Waals surface area contributed by atoms with Gasteiger partial charge < -0.3 is 5.32 Å². The van der Waals surface area contributed by atoms with Gasteiger partial charge in [-0.05, 0) is 45.2 Å². The van der Waals surface area contributed by atoms with Gasteiger partial charge in [0.05, 0.1) is 0 Å². The third-order valence-electron chi connectivity index (χ3n) is 4.00. The van der Waals surface area contributed by atoms with Gasteiger partial charge in [0.25, 0.3) is 5.91 Å². The molecule has 0 spiro atoms. The van der Waals surface area contributed by atoms with Crippen LogP contribution in [0.1, 0.15) is 56.9 Å². The molecule has 0 saturated carbocycles. The summed E-state index contributed by atoms with van der Waals surface area (Å²) in [6, 6.07) is 4.45. The van der Waals surface area contributed by atoms with E-state index in [0.717, 1.165) is 31.5 Å². The zero-order chi connectivity index (χ0) is 15.2. The Bertz CT molecular complexity index is 467. The lowest BCUT2D eigenvalue weighted by Gasteiger charge is -2.38. The predicted molar refractivity (Wildman–Crippen MR) is 85.1 cm³/mol. The van der Waals surface area contributed by atoms with Crippen molar-refractivity contribution >= 4 is 11.6 Å². The monoisotopic (exact) mass is 290 g/mol. The molecule has 1 fully saturated rings. The zero-order valence-corrected chi connectivity index (χ0v) is 13.2. The van der Waals surface area contributed by atoms with E-state index in [1.807, 2.05) is 12.1 Å². The Morgan fingerprint density at radius 2 is 2.10 bits per heavy atom. The van der Waals surface area contributed by atoms with Crippen molar-refractivity contribution in [1.82, 2.24) is 15.4 Å². The Hall–Kier alpha value is -1.62. The van der Waals surface area contributed by atoms with E-state index in [1.165, 1.54) is 6.42 Å². The molecule has 2 N–H and O–H groups in total. The number of nitrogens with one attached hydrogen (secondary N) is 2. The summed E-state index contributed by atoms with van der Waals surface area (Å²) in [6.45, 7) is 7.32. The minimum Gasteiger partial charge on any atom is -0.385 e. The molecule has 1 aliphatic heterocycles. The highest BCUT2D eigenvalue weighted by molar-refractivity contribution is 5.92. The number of aromatic nitrogens is 1. The second-order valence-corrected chi connectivity index (χ2v) is 5.83. The quantitative estimate of drug-likeness (QED) is 0.875. The fraction of sp³-hybridized carbons (Fsp3) is 0.625. The van der Waals surface area contributed by atoms with Crippen LogP contribution in [0.25, 0.3) is 0 Å². The van der Waals surface area contributed by atoms with Crippen molar-refractivity contribution in [3.63, 3.8) is 0 Å². The molecule has 116 valence electrons. The second kappa shape index (κ2) is 7.41. The molecule has 1 amide bonds. The van der Waals surface area contributed by atoms with Crippen LogP contribution in [0, 0.1) is 0 Å². The number of pyridine rings is 1. The predicted octanol–water partition coefficient (Wildman–Crippen LogP) is 2.81. The molecule has 5 heteroatoms. The fourth-order valence-corrected chi connectivity index (χ4v) is 2.75. The van der Waals surface area contributed by atoms with E-state index in [-0.39, 0.29) is 5.91 Å². The summed E-state index contributed by atoms with van der Waals surface area (Å²) in [4.78, 5) is 16.6. The molecule has 0 bridgehead atoms. The molecule has 0 radical (unpaired) electrons. The van der Waals surface area contributed by atoms with Crippen molar-refractivity contribution in [1.29, 1.82) is 0 Å². The first kappa shape index (κ1) is 15.8. The van der Waals surface area contributed by atoms with Gasteiger partial charge in [-0.2, -0.15) is 0 Å². The molecule has 1 aromatic rings. The largest absolute Gasteiger partial charge is 0.385 e. The van der Waals surface area contributed by atoms with E-state index in [9.17, 15) is 4.79 Å². The van der Waals surface area contributed by atoms with E-state index in [2.05, 4.69) is 41.5 Å². The van der Waals surface area contributed by atoms with Crippen LogP contribution in [-0.2, 0) is 0 Å². The van der Waals surface area contributed by atoms with Crippen LogP contribution < -0.4 is 10.7 Å². The molecule has 1 aliphatic rings. The minimum atomic E-state index is -0.129. The highest BCUT2D eigenvalue weighted by atomic mass is 16.2. The Morgan fingerprint density at radius 1 is 1.38 bits per heavy atom. The number of anilines is 1. The third-order valence-corrected chi connectivity index (χ3v) is 4.00. The van der Waals surface area contributed by atoms with Crippen LogP contribution in [0.3, 0.4) is 0 Å². The Balaban J connectivity index is 2.02. The maximum absolute atomic E-state index is 12.4. The van der Waals surface area contributed by atoms with Crippen molar-refractivity contribution in [2.45, 2.75) is 58.5 Å². The Kier molecular flexibility index (Phi) is 5.56. The van der Waals surface area contributed by atoms with E-state index >= 15 is 0 Å². The summed E-state index contributed by atoms with van der Waals surface area (Å²) >= 11 is 0. The molecule has 2 heterocycles. The SMILES string of the molecule is CCCNc1ccnc(C(=O)NN2C(C)CCCC2C)c1. The number of piperidine rings is 1. The summed E-state index contributed by atoms with van der Waals surface area (Å²) < 4.78 is 0. The number of hydrogen-bond donors (Lipinski definition) is 2. The molecule has 5 nitrogen and oxygen atoms in total. The van der Waals surface area contributed by atoms with Crippen molar-refractivity contribution in [3.8, 4) is 0 Å². The van der Waals surface area contributed by atoms with Gasteiger partial charge >= 0.3 is 0 Å². The van der Waals surface area contributed by atoms with Crippen LogP contribution in [0.4, 0.5) is 5.69 Å². The summed E-state index contributed by atoms with van der Waals surface area (Å²) in [5.74, 6) is -0.129. The van der Waals surface area contributed by atoms with Gasteiger partial charge in [0.2, 0.25) is 0 Å². The Morgan fingerprint density at radius 3 is 2.76 bits per heavy atom. The van der Waals surface area contributed by atoms with Crippen molar-refractivity contribution < 1.29 is 4.79 Å². The number of carbonyl (C=O) groups is 1. The maximum atomic E-state index is 12.4. The van der Waals surface area contributed by atoms with E-state index < -0.39 is 0 Å². The number of amides is 1. The van der Waals surface area contributed by atoms with E-state index in [1.54, 1.807) is 6.20 Å². The summed E-state index contributed by atoms with van der Waals surface area (Å²) in [5, 5.41) is 5.35. The van der Waals surface area contributed by atoms with E-state index in [4.69, 9.17) is 0 Å². The molecule has 1 saturated heterocycles. The van der Waals surface area contributed by atoms with Crippen LogP contribution in [-0.4, -0.2) is 34.5 Å². The summed E-state index contributed by atoms with van der Waals surface area (Å²) in [5.41, 5.74) is 4.42. The topological polar surface area (TPSA) is 57.3 Å². The number of hydrogen-bond acceptors (Lipinski definition) is 4. The van der Waals surface area contributed by atoms with Crippen LogP contribution >= 0.6 is 0 Å². The first-order valence-electron chi connectivity index (χ1n) is 7.91. The normalized spacial score (nSPS) is 22.8. The van der Waals surface area contributed by atoms with Crippen molar-refractivity contribution in [3.05, 3.63) is 24.0 Å².